The number of aliphatic imine (C=N–C) groups is 2. The normalized spacial score (nSPS) is 12.0. The average molecular weight is 403 g/mol. The molecule has 0 fully saturated rings. The maximum atomic E-state index is 11.6. The van der Waals surface area contributed by atoms with Gasteiger partial charge in [-0.15, -0.1) is 0 Å². The summed E-state index contributed by atoms with van der Waals surface area (Å²) in [5.74, 6) is 0.809. The Bertz CT molecular complexity index is 772. The molecule has 1 aromatic rings. The summed E-state index contributed by atoms with van der Waals surface area (Å²) in [7, 11) is 1.91. The number of nitrogens with zero attached hydrogens (tertiary/aromatic N) is 3. The minimum atomic E-state index is 0.160. The van der Waals surface area contributed by atoms with Crippen LogP contribution in [0.25, 0.3) is 0 Å². The summed E-state index contributed by atoms with van der Waals surface area (Å²) in [6, 6.07) is 8.44. The van der Waals surface area contributed by atoms with Crippen molar-refractivity contribution in [3.05, 3.63) is 58.4 Å². The fourth-order valence-corrected chi connectivity index (χ4v) is 2.44. The number of allylic oxidation sites excluding steroid dienone is 1. The zero-order valence-corrected chi connectivity index (χ0v) is 18.5. The molecule has 152 valence electrons. The molecule has 0 aromatic heterocycles. The van der Waals surface area contributed by atoms with Gasteiger partial charge in [0.2, 0.25) is 0 Å². The predicted octanol–water partition coefficient (Wildman–Crippen LogP) is 4.68. The number of carbonyl (C=O) groups excluding carboxylic acids is 1. The van der Waals surface area contributed by atoms with Crippen LogP contribution in [0.4, 0.5) is 0 Å². The first kappa shape index (κ1) is 23.6. The van der Waals surface area contributed by atoms with Crippen molar-refractivity contribution in [3.63, 3.8) is 0 Å². The molecule has 0 spiro atoms. The van der Waals surface area contributed by atoms with Crippen LogP contribution in [-0.4, -0.2) is 35.9 Å². The summed E-state index contributed by atoms with van der Waals surface area (Å²) in [5.41, 5.74) is 3.86. The Balaban J connectivity index is 3.16. The molecule has 0 heterocycles. The number of likely N-dealkylation sites (N-methyl/N-ethyl adjacent to an activating group) is 1. The van der Waals surface area contributed by atoms with E-state index in [4.69, 9.17) is 11.6 Å². The second-order valence-corrected chi connectivity index (χ2v) is 7.44. The number of halogens is 1. The highest BCUT2D eigenvalue weighted by Crippen LogP contribution is 2.16. The summed E-state index contributed by atoms with van der Waals surface area (Å²) in [4.78, 5) is 22.5. The first-order valence-corrected chi connectivity index (χ1v) is 9.76. The molecule has 0 aliphatic heterocycles. The van der Waals surface area contributed by atoms with E-state index in [9.17, 15) is 4.79 Å². The second kappa shape index (κ2) is 11.4. The number of carbonyl (C=O) groups is 1. The highest BCUT2D eigenvalue weighted by molar-refractivity contribution is 6.30. The van der Waals surface area contributed by atoms with Crippen LogP contribution in [0.3, 0.4) is 0 Å². The zero-order valence-electron chi connectivity index (χ0n) is 17.7. The number of aryl methyl sites for hydroxylation is 1. The van der Waals surface area contributed by atoms with E-state index in [0.29, 0.717) is 24.4 Å². The van der Waals surface area contributed by atoms with Crippen molar-refractivity contribution in [2.24, 2.45) is 9.98 Å². The lowest BCUT2D eigenvalue weighted by Gasteiger charge is -2.26. The third-order valence-corrected chi connectivity index (χ3v) is 4.35. The molecule has 0 amide bonds. The maximum Gasteiger partial charge on any atom is 0.185 e. The van der Waals surface area contributed by atoms with Gasteiger partial charge in [0, 0.05) is 19.6 Å². The second-order valence-electron chi connectivity index (χ2n) is 7.00. The molecule has 0 atom stereocenters. The predicted molar refractivity (Wildman–Crippen MR) is 120 cm³/mol. The molecule has 0 aliphatic rings. The van der Waals surface area contributed by atoms with Gasteiger partial charge in [-0.25, -0.2) is 9.98 Å². The maximum absolute atomic E-state index is 11.6. The van der Waals surface area contributed by atoms with Gasteiger partial charge in [0.1, 0.15) is 10.9 Å². The molecule has 0 aliphatic carbocycles. The van der Waals surface area contributed by atoms with E-state index in [1.54, 1.807) is 0 Å². The van der Waals surface area contributed by atoms with Gasteiger partial charge in [-0.3, -0.25) is 4.79 Å². The molecule has 5 nitrogen and oxygen atoms in total. The molecule has 0 saturated carbocycles. The number of nitrogens with one attached hydrogen (secondary N) is 1. The molecule has 1 aromatic carbocycles. The Morgan fingerprint density at radius 2 is 1.79 bits per heavy atom. The van der Waals surface area contributed by atoms with Crippen LogP contribution >= 0.6 is 11.6 Å². The van der Waals surface area contributed by atoms with Gasteiger partial charge in [0.05, 0.1) is 0 Å². The van der Waals surface area contributed by atoms with Crippen molar-refractivity contribution >= 4 is 29.6 Å². The Morgan fingerprint density at radius 1 is 1.21 bits per heavy atom. The van der Waals surface area contributed by atoms with Crippen molar-refractivity contribution in [2.75, 3.05) is 7.05 Å². The number of rotatable bonds is 8. The first-order valence-electron chi connectivity index (χ1n) is 9.38. The van der Waals surface area contributed by atoms with Gasteiger partial charge in [-0.1, -0.05) is 49.4 Å². The molecule has 0 saturated heterocycles. The van der Waals surface area contributed by atoms with E-state index in [-0.39, 0.29) is 17.0 Å². The smallest absolute Gasteiger partial charge is 0.185 e. The Hall–Kier alpha value is -2.40. The fraction of sp³-hybridized carbons (Fsp3) is 0.409. The Morgan fingerprint density at radius 3 is 2.21 bits per heavy atom. The van der Waals surface area contributed by atoms with E-state index in [1.807, 2.05) is 51.8 Å². The molecule has 1 rings (SSSR count). The lowest BCUT2D eigenvalue weighted by molar-refractivity contribution is -0.102. The van der Waals surface area contributed by atoms with E-state index in [0.717, 1.165) is 17.6 Å². The minimum absolute atomic E-state index is 0.160. The van der Waals surface area contributed by atoms with Crippen LogP contribution in [0.2, 0.25) is 0 Å². The lowest BCUT2D eigenvalue weighted by atomic mass is 10.1. The van der Waals surface area contributed by atoms with Gasteiger partial charge in [0.15, 0.2) is 18.0 Å². The molecular formula is C22H31ClN4O. The topological polar surface area (TPSA) is 57.1 Å². The van der Waals surface area contributed by atoms with E-state index in [2.05, 4.69) is 40.9 Å². The summed E-state index contributed by atoms with van der Waals surface area (Å²) in [6.45, 7) is 14.2. The van der Waals surface area contributed by atoms with Crippen molar-refractivity contribution in [2.45, 2.75) is 53.6 Å². The number of amidine groups is 2. The summed E-state index contributed by atoms with van der Waals surface area (Å²) in [6.07, 6.45) is 1.71. The number of aldehydes is 1. The highest BCUT2D eigenvalue weighted by Gasteiger charge is 2.17. The van der Waals surface area contributed by atoms with Crippen molar-refractivity contribution in [3.8, 4) is 0 Å². The molecule has 0 radical (unpaired) electrons. The fourth-order valence-electron chi connectivity index (χ4n) is 2.36. The minimum Gasteiger partial charge on any atom is -0.363 e. The van der Waals surface area contributed by atoms with Crippen LogP contribution in [-0.2, 0) is 17.8 Å². The van der Waals surface area contributed by atoms with Crippen LogP contribution < -0.4 is 5.32 Å². The van der Waals surface area contributed by atoms with E-state index >= 15 is 0 Å². The van der Waals surface area contributed by atoms with Crippen LogP contribution in [0.5, 0.6) is 0 Å². The molecule has 6 heteroatoms. The third kappa shape index (κ3) is 7.31. The Kier molecular flexibility index (Phi) is 9.66. The van der Waals surface area contributed by atoms with Crippen molar-refractivity contribution in [1.82, 2.24) is 10.2 Å². The van der Waals surface area contributed by atoms with E-state index in [1.165, 1.54) is 5.56 Å². The summed E-state index contributed by atoms with van der Waals surface area (Å²) < 4.78 is 0. The third-order valence-electron chi connectivity index (χ3n) is 4.27. The van der Waals surface area contributed by atoms with Gasteiger partial charge in [0.25, 0.3) is 0 Å². The molecule has 0 unspecified atom stereocenters. The standard InChI is InChI=1S/C22H31ClN4O/c1-8-18-9-11-19(12-10-18)13-24-20(14-28)26-21(15(2)3)22(25-17(6)23)27(7)16(4)5/h9-12,14,16H,6,8,13H2,1-5,7H3,(H,24,26)/b25-22+. The first-order chi connectivity index (χ1) is 13.2. The van der Waals surface area contributed by atoms with Gasteiger partial charge in [-0.2, -0.15) is 0 Å². The van der Waals surface area contributed by atoms with Gasteiger partial charge < -0.3 is 10.2 Å². The van der Waals surface area contributed by atoms with Gasteiger partial charge in [-0.05, 0) is 50.8 Å². The van der Waals surface area contributed by atoms with Crippen LogP contribution in [0.1, 0.15) is 45.7 Å². The molecular weight excluding hydrogens is 372 g/mol. The molecule has 28 heavy (non-hydrogen) atoms. The SMILES string of the molecule is C=C(Cl)/N=C(\C(/N=C(\C=O)NCc1ccc(CC)cc1)=C(C)C)N(C)C(C)C. The average Bonchev–Trinajstić information content (AvgIpc) is 2.66. The van der Waals surface area contributed by atoms with Crippen molar-refractivity contribution < 1.29 is 4.79 Å². The number of benzene rings is 1. The summed E-state index contributed by atoms with van der Waals surface area (Å²) >= 11 is 5.94. The van der Waals surface area contributed by atoms with Crippen LogP contribution in [0, 0.1) is 0 Å². The number of hydrogen-bond acceptors (Lipinski definition) is 3. The molecule has 0 bridgehead atoms. The van der Waals surface area contributed by atoms with Gasteiger partial charge >= 0.3 is 0 Å². The number of hydrogen-bond donors (Lipinski definition) is 1. The highest BCUT2D eigenvalue weighted by atomic mass is 35.5. The monoisotopic (exact) mass is 402 g/mol. The van der Waals surface area contributed by atoms with E-state index < -0.39 is 0 Å². The largest absolute Gasteiger partial charge is 0.363 e. The van der Waals surface area contributed by atoms with Crippen molar-refractivity contribution in [1.29, 1.82) is 0 Å². The zero-order chi connectivity index (χ0) is 21.3. The molecule has 1 N–H and O–H groups in total. The lowest BCUT2D eigenvalue weighted by Crippen LogP contribution is -2.35. The van der Waals surface area contributed by atoms with Crippen LogP contribution in [0.15, 0.2) is 57.3 Å². The quantitative estimate of drug-likeness (QED) is 0.297. The Labute approximate surface area is 173 Å². The summed E-state index contributed by atoms with van der Waals surface area (Å²) in [5, 5.41) is 3.26.